The molecular formula is C53H44F6N6O6. The second-order valence-corrected chi connectivity index (χ2v) is 16.2. The fourth-order valence-electron chi connectivity index (χ4n) is 7.58. The largest absolute Gasteiger partial charge is 0.453 e. The maximum atomic E-state index is 17.0. The van der Waals surface area contributed by atoms with E-state index in [1.165, 1.54) is 121 Å². The Bertz CT molecular complexity index is 2990. The molecule has 12 N–H and O–H groups in total. The molecule has 0 aromatic heterocycles. The lowest BCUT2D eigenvalue weighted by molar-refractivity contribution is -0.289. The molecule has 8 rings (SSSR count). The van der Waals surface area contributed by atoms with Gasteiger partial charge in [0.05, 0.1) is 0 Å². The van der Waals surface area contributed by atoms with Crippen LogP contribution in [0.25, 0.3) is 0 Å². The Morgan fingerprint density at radius 1 is 0.296 bits per heavy atom. The predicted molar refractivity (Wildman–Crippen MR) is 261 cm³/mol. The highest BCUT2D eigenvalue weighted by atomic mass is 19.4. The van der Waals surface area contributed by atoms with Gasteiger partial charge in [0.15, 0.2) is 23.0 Å². The minimum absolute atomic E-state index is 0.0759. The molecule has 0 saturated heterocycles. The monoisotopic (exact) mass is 974 g/mol. The fourth-order valence-corrected chi connectivity index (χ4v) is 7.58. The van der Waals surface area contributed by atoms with Crippen molar-refractivity contribution in [2.24, 2.45) is 0 Å². The quantitative estimate of drug-likeness (QED) is 0.0444. The van der Waals surface area contributed by atoms with Crippen molar-refractivity contribution >= 4 is 34.1 Å². The Morgan fingerprint density at radius 3 is 0.817 bits per heavy atom. The Morgan fingerprint density at radius 2 is 0.549 bits per heavy atom. The normalized spacial score (nSPS) is 11.7. The summed E-state index contributed by atoms with van der Waals surface area (Å²) in [5.41, 5.74) is 30.3. The summed E-state index contributed by atoms with van der Waals surface area (Å²) >= 11 is 0. The van der Waals surface area contributed by atoms with Crippen LogP contribution >= 0.6 is 0 Å². The van der Waals surface area contributed by atoms with Crippen molar-refractivity contribution in [3.05, 3.63) is 180 Å². The Labute approximate surface area is 402 Å². The molecule has 18 heteroatoms. The van der Waals surface area contributed by atoms with Gasteiger partial charge in [-0.1, -0.05) is 0 Å². The van der Waals surface area contributed by atoms with E-state index >= 15 is 26.3 Å². The minimum atomic E-state index is -6.31. The number of halogens is 6. The van der Waals surface area contributed by atoms with Crippen molar-refractivity contribution < 1.29 is 54.8 Å². The molecule has 0 heterocycles. The van der Waals surface area contributed by atoms with Crippen molar-refractivity contribution in [2.45, 2.75) is 31.6 Å². The number of nitrogens with two attached hydrogens (primary N) is 6. The number of nitrogen functional groups attached to an aromatic ring is 6. The van der Waals surface area contributed by atoms with Crippen LogP contribution in [0.5, 0.6) is 69.0 Å². The van der Waals surface area contributed by atoms with Crippen molar-refractivity contribution in [1.82, 2.24) is 0 Å². The predicted octanol–water partition coefficient (Wildman–Crippen LogP) is 14.0. The molecule has 0 unspecified atom stereocenters. The zero-order valence-electron chi connectivity index (χ0n) is 37.7. The van der Waals surface area contributed by atoms with E-state index in [9.17, 15) is 0 Å². The van der Waals surface area contributed by atoms with E-state index in [2.05, 4.69) is 0 Å². The summed E-state index contributed by atoms with van der Waals surface area (Å²) in [5.74, 6) is -4.69. The molecule has 0 fully saturated rings. The summed E-state index contributed by atoms with van der Waals surface area (Å²) in [6, 6.07) is 33.6. The lowest BCUT2D eigenvalue weighted by atomic mass is 9.71. The van der Waals surface area contributed by atoms with Crippen LogP contribution < -0.4 is 62.8 Å². The van der Waals surface area contributed by atoms with Gasteiger partial charge in [0, 0.05) is 45.3 Å². The van der Waals surface area contributed by atoms with Crippen molar-refractivity contribution in [1.29, 1.82) is 0 Å². The number of benzene rings is 8. The molecule has 0 amide bonds. The molecule has 0 spiro atoms. The Balaban J connectivity index is 1.51. The number of aryl methyl sites for hydroxylation is 2. The van der Waals surface area contributed by atoms with Crippen LogP contribution in [0.15, 0.2) is 158 Å². The van der Waals surface area contributed by atoms with Gasteiger partial charge >= 0.3 is 12.4 Å². The molecule has 8 aromatic carbocycles. The van der Waals surface area contributed by atoms with E-state index in [-0.39, 0.29) is 68.7 Å². The summed E-state index contributed by atoms with van der Waals surface area (Å²) < 4.78 is 140. The maximum absolute atomic E-state index is 17.0. The van der Waals surface area contributed by atoms with Crippen molar-refractivity contribution in [3.63, 3.8) is 0 Å². The summed E-state index contributed by atoms with van der Waals surface area (Å²) in [6.45, 7) is 3.28. The second-order valence-electron chi connectivity index (χ2n) is 16.2. The van der Waals surface area contributed by atoms with E-state index in [0.717, 1.165) is 12.1 Å². The van der Waals surface area contributed by atoms with Gasteiger partial charge in [-0.15, -0.1) is 0 Å². The average molecular weight is 975 g/mol. The molecule has 0 aliphatic heterocycles. The zero-order chi connectivity index (χ0) is 50.8. The lowest BCUT2D eigenvalue weighted by Gasteiger charge is -2.40. The summed E-state index contributed by atoms with van der Waals surface area (Å²) in [5, 5.41) is 0. The smallest absolute Gasteiger partial charge is 0.411 e. The first kappa shape index (κ1) is 48.4. The fraction of sp³-hybridized carbons (Fsp3) is 0.0943. The summed E-state index contributed by atoms with van der Waals surface area (Å²) in [7, 11) is 0. The minimum Gasteiger partial charge on any atom is -0.453 e. The van der Waals surface area contributed by atoms with Gasteiger partial charge in [0.25, 0.3) is 0 Å². The topological polar surface area (TPSA) is 212 Å². The molecule has 0 bridgehead atoms. The molecule has 12 nitrogen and oxygen atoms in total. The SMILES string of the molecule is Cc1cc(N)ccc1Oc1ccc(C(c2ccc(Oc3ccc(N)cc3C)c(Oc3ccc(N)cc3)c2Oc2ccc(N)cc2)(C(F)(F)F)C(F)(F)F)c(Oc2ccc(N)cc2)c1Oc1ccc(N)cc1. The number of anilines is 6. The summed E-state index contributed by atoms with van der Waals surface area (Å²) in [6.07, 6.45) is -12.6. The zero-order valence-corrected chi connectivity index (χ0v) is 37.7. The van der Waals surface area contributed by atoms with E-state index in [0.29, 0.717) is 34.6 Å². The molecule has 0 aliphatic carbocycles. The maximum Gasteiger partial charge on any atom is 0.411 e. The molecule has 0 atom stereocenters. The summed E-state index contributed by atoms with van der Waals surface area (Å²) in [4.78, 5) is 0. The standard InChI is InChI=1S/C53H44F6N6O6/c1-29-27-35(64)11-23-43(29)70-45-25-21-41(47(66-37-13-3-31(60)4-14-37)49(45)68-39-17-7-33(62)8-18-39)51(52(54,55)56,53(57,58)59)42-22-26-46(71-44-24-12-36(65)28-30(44)2)50(69-40-19-9-34(63)10-20-40)48(42)67-38-15-5-32(61)6-16-38/h3-28H,60-65H2,1-2H3. The Hall–Kier alpha value is -9.06. The van der Waals surface area contributed by atoms with E-state index in [1.807, 2.05) is 0 Å². The third kappa shape index (κ3) is 10.1. The molecular weight excluding hydrogens is 931 g/mol. The van der Waals surface area contributed by atoms with Gasteiger partial charge in [-0.3, -0.25) is 0 Å². The highest BCUT2D eigenvalue weighted by Crippen LogP contribution is 2.65. The number of hydrogen-bond acceptors (Lipinski definition) is 12. The van der Waals surface area contributed by atoms with Gasteiger partial charge in [0.2, 0.25) is 16.9 Å². The third-order valence-corrected chi connectivity index (χ3v) is 11.0. The first-order chi connectivity index (χ1) is 33.7. The number of alkyl halides is 6. The Kier molecular flexibility index (Phi) is 13.1. The second kappa shape index (κ2) is 19.1. The van der Waals surface area contributed by atoms with Crippen LogP contribution in [0.4, 0.5) is 60.5 Å². The lowest BCUT2D eigenvalue weighted by Crippen LogP contribution is -2.55. The van der Waals surface area contributed by atoms with Gasteiger partial charge in [0.1, 0.15) is 34.5 Å². The first-order valence-corrected chi connectivity index (χ1v) is 21.4. The van der Waals surface area contributed by atoms with E-state index in [4.69, 9.17) is 62.8 Å². The number of rotatable bonds is 14. The number of hydrogen-bond donors (Lipinski definition) is 6. The molecule has 0 radical (unpaired) electrons. The van der Waals surface area contributed by atoms with Gasteiger partial charge in [-0.05, 0) is 183 Å². The van der Waals surface area contributed by atoms with Crippen LogP contribution in [-0.4, -0.2) is 12.4 Å². The van der Waals surface area contributed by atoms with Crippen LogP contribution in [0, 0.1) is 13.8 Å². The van der Waals surface area contributed by atoms with Crippen LogP contribution in [0.1, 0.15) is 22.3 Å². The molecule has 0 aliphatic rings. The third-order valence-electron chi connectivity index (χ3n) is 11.0. The number of ether oxygens (including phenoxy) is 6. The molecule has 0 saturated carbocycles. The first-order valence-electron chi connectivity index (χ1n) is 21.4. The van der Waals surface area contributed by atoms with E-state index in [1.54, 1.807) is 26.0 Å². The van der Waals surface area contributed by atoms with Crippen molar-refractivity contribution in [2.75, 3.05) is 34.4 Å². The average Bonchev–Trinajstić information content (AvgIpc) is 3.30. The van der Waals surface area contributed by atoms with Crippen LogP contribution in [0.2, 0.25) is 0 Å². The molecule has 71 heavy (non-hydrogen) atoms. The van der Waals surface area contributed by atoms with E-state index < -0.39 is 51.9 Å². The van der Waals surface area contributed by atoms with Crippen molar-refractivity contribution in [3.8, 4) is 69.0 Å². The van der Waals surface area contributed by atoms with Gasteiger partial charge in [-0.2, -0.15) is 26.3 Å². The van der Waals surface area contributed by atoms with Gasteiger partial charge < -0.3 is 62.8 Å². The van der Waals surface area contributed by atoms with Crippen LogP contribution in [-0.2, 0) is 5.41 Å². The molecule has 8 aromatic rings. The highest BCUT2D eigenvalue weighted by Gasteiger charge is 2.75. The molecule has 364 valence electrons. The highest BCUT2D eigenvalue weighted by molar-refractivity contribution is 5.70. The van der Waals surface area contributed by atoms with Crippen LogP contribution in [0.3, 0.4) is 0 Å². The van der Waals surface area contributed by atoms with Gasteiger partial charge in [-0.25, -0.2) is 0 Å².